The van der Waals surface area contributed by atoms with Gasteiger partial charge >= 0.3 is 0 Å². The van der Waals surface area contributed by atoms with Crippen LogP contribution < -0.4 is 0 Å². The van der Waals surface area contributed by atoms with Gasteiger partial charge in [-0.3, -0.25) is 9.98 Å². The Kier molecular flexibility index (Phi) is 7.97. The Balaban J connectivity index is 2.86. The summed E-state index contributed by atoms with van der Waals surface area (Å²) in [7, 11) is 3.66. The summed E-state index contributed by atoms with van der Waals surface area (Å²) in [6.45, 7) is 17.9. The maximum Gasteiger partial charge on any atom is 0.133 e. The van der Waals surface area contributed by atoms with E-state index >= 15 is 0 Å². The van der Waals surface area contributed by atoms with Crippen molar-refractivity contribution in [1.29, 1.82) is 0 Å². The minimum atomic E-state index is 0.238. The lowest BCUT2D eigenvalue weighted by Crippen LogP contribution is -2.01. The highest BCUT2D eigenvalue weighted by Gasteiger charge is 2.06. The van der Waals surface area contributed by atoms with Crippen molar-refractivity contribution >= 4 is 18.0 Å². The van der Waals surface area contributed by atoms with Gasteiger partial charge in [0.15, 0.2) is 0 Å². The molecule has 1 aromatic rings. The number of imidazole rings is 1. The molecule has 1 heterocycles. The summed E-state index contributed by atoms with van der Waals surface area (Å²) in [5.41, 5.74) is 3.44. The van der Waals surface area contributed by atoms with Crippen LogP contribution in [0.2, 0.25) is 0 Å². The van der Waals surface area contributed by atoms with Crippen LogP contribution in [0.4, 0.5) is 0 Å². The van der Waals surface area contributed by atoms with Crippen LogP contribution in [0.15, 0.2) is 58.1 Å². The third-order valence-electron chi connectivity index (χ3n) is 3.56. The molecule has 5 nitrogen and oxygen atoms in total. The van der Waals surface area contributed by atoms with Gasteiger partial charge in [-0.25, -0.2) is 4.98 Å². The predicted octanol–water partition coefficient (Wildman–Crippen LogP) is 4.73. The van der Waals surface area contributed by atoms with Gasteiger partial charge in [-0.1, -0.05) is 13.2 Å². The van der Waals surface area contributed by atoms with Crippen molar-refractivity contribution < 1.29 is 4.74 Å². The highest BCUT2D eigenvalue weighted by atomic mass is 16.5. The molecule has 0 saturated carbocycles. The first-order valence-electron chi connectivity index (χ1n) is 8.57. The second kappa shape index (κ2) is 9.70. The predicted molar refractivity (Wildman–Crippen MR) is 112 cm³/mol. The van der Waals surface area contributed by atoms with Crippen LogP contribution >= 0.6 is 0 Å². The average Bonchev–Trinajstić information content (AvgIpc) is 2.86. The molecule has 0 atom stereocenters. The van der Waals surface area contributed by atoms with Gasteiger partial charge in [0.05, 0.1) is 5.69 Å². The zero-order chi connectivity index (χ0) is 19.9. The first-order chi connectivity index (χ1) is 12.1. The second-order valence-electron chi connectivity index (χ2n) is 6.46. The number of hydrogen-bond acceptors (Lipinski definition) is 4. The molecule has 0 unspecified atom stereocenters. The van der Waals surface area contributed by atoms with Gasteiger partial charge in [0.1, 0.15) is 17.3 Å². The van der Waals surface area contributed by atoms with E-state index in [1.165, 1.54) is 0 Å². The van der Waals surface area contributed by atoms with Crippen LogP contribution in [-0.2, 0) is 11.8 Å². The third kappa shape index (κ3) is 6.67. The van der Waals surface area contributed by atoms with Crippen LogP contribution in [0.3, 0.4) is 0 Å². The van der Waals surface area contributed by atoms with Crippen LogP contribution in [-0.4, -0.2) is 34.6 Å². The first-order valence-corrected chi connectivity index (χ1v) is 8.57. The molecule has 0 N–H and O–H groups in total. The summed E-state index contributed by atoms with van der Waals surface area (Å²) in [6, 6.07) is 0.238. The Morgan fingerprint density at radius 1 is 1.27 bits per heavy atom. The molecule has 0 aliphatic heterocycles. The summed E-state index contributed by atoms with van der Waals surface area (Å²) in [4.78, 5) is 13.0. The lowest BCUT2D eigenvalue weighted by Gasteiger charge is -2.11. The molecule has 0 aliphatic carbocycles. The lowest BCUT2D eigenvalue weighted by molar-refractivity contribution is 0.318. The minimum absolute atomic E-state index is 0.238. The van der Waals surface area contributed by atoms with Gasteiger partial charge < -0.3 is 9.30 Å². The molecular formula is C21H30N4O. The van der Waals surface area contributed by atoms with Gasteiger partial charge in [0.2, 0.25) is 0 Å². The molecule has 0 saturated heterocycles. The van der Waals surface area contributed by atoms with Gasteiger partial charge in [0.25, 0.3) is 0 Å². The second-order valence-corrected chi connectivity index (χ2v) is 6.46. The van der Waals surface area contributed by atoms with Gasteiger partial charge in [-0.2, -0.15) is 0 Å². The summed E-state index contributed by atoms with van der Waals surface area (Å²) < 4.78 is 7.76. The number of allylic oxidation sites excluding steroid dienone is 4. The topological polar surface area (TPSA) is 51.8 Å². The molecule has 0 spiro atoms. The Morgan fingerprint density at radius 2 is 1.92 bits per heavy atom. The van der Waals surface area contributed by atoms with Gasteiger partial charge in [0, 0.05) is 38.3 Å². The quantitative estimate of drug-likeness (QED) is 0.385. The van der Waals surface area contributed by atoms with Crippen LogP contribution in [0.1, 0.15) is 46.1 Å². The van der Waals surface area contributed by atoms with Crippen LogP contribution in [0.5, 0.6) is 0 Å². The SMILES string of the molecule is C=C(C=C(C)OC(=C)C(C)=Cc1nc(C=NC)cn1C)C(C)=NC(C)C. The maximum atomic E-state index is 5.82. The lowest BCUT2D eigenvalue weighted by atomic mass is 10.1. The van der Waals surface area contributed by atoms with E-state index in [0.717, 1.165) is 28.4 Å². The number of rotatable bonds is 8. The third-order valence-corrected chi connectivity index (χ3v) is 3.56. The highest BCUT2D eigenvalue weighted by molar-refractivity contribution is 6.00. The standard InChI is InChI=1S/C21H30N4O/c1-14(2)23-18(6)15(3)10-17(5)26-19(7)16(4)11-21-24-20(12-22-8)13-25(21)9/h10-14H,3,7H2,1-2,4-6,8-9H3. The first kappa shape index (κ1) is 21.4. The maximum absolute atomic E-state index is 5.82. The largest absolute Gasteiger partial charge is 0.462 e. The van der Waals surface area contributed by atoms with Crippen molar-refractivity contribution in [2.75, 3.05) is 7.05 Å². The van der Waals surface area contributed by atoms with E-state index in [0.29, 0.717) is 11.5 Å². The summed E-state index contributed by atoms with van der Waals surface area (Å²) in [5, 5.41) is 0. The molecule has 1 aromatic heterocycles. The molecule has 1 rings (SSSR count). The van der Waals surface area contributed by atoms with E-state index in [1.54, 1.807) is 13.3 Å². The molecule has 0 aromatic carbocycles. The molecule has 0 aliphatic rings. The molecular weight excluding hydrogens is 324 g/mol. The Hall–Kier alpha value is -2.69. The number of aromatic nitrogens is 2. The zero-order valence-corrected chi connectivity index (χ0v) is 17.0. The van der Waals surface area contributed by atoms with Gasteiger partial charge in [-0.15, -0.1) is 0 Å². The summed E-state index contributed by atoms with van der Waals surface area (Å²) >= 11 is 0. The fourth-order valence-electron chi connectivity index (χ4n) is 2.23. The van der Waals surface area contributed by atoms with Crippen molar-refractivity contribution in [2.24, 2.45) is 17.0 Å². The Bertz CT molecular complexity index is 789. The van der Waals surface area contributed by atoms with E-state index in [1.807, 2.05) is 64.6 Å². The van der Waals surface area contributed by atoms with Gasteiger partial charge in [-0.05, 0) is 57.9 Å². The summed E-state index contributed by atoms with van der Waals surface area (Å²) in [6.07, 6.45) is 7.44. The fourth-order valence-corrected chi connectivity index (χ4v) is 2.23. The van der Waals surface area contributed by atoms with Crippen molar-refractivity contribution in [1.82, 2.24) is 9.55 Å². The Morgan fingerprint density at radius 3 is 2.50 bits per heavy atom. The number of hydrogen-bond donors (Lipinski definition) is 0. The highest BCUT2D eigenvalue weighted by Crippen LogP contribution is 2.17. The van der Waals surface area contributed by atoms with Crippen LogP contribution in [0.25, 0.3) is 6.08 Å². The average molecular weight is 354 g/mol. The van der Waals surface area contributed by atoms with Crippen LogP contribution in [0, 0.1) is 0 Å². The molecule has 0 bridgehead atoms. The normalized spacial score (nSPS) is 13.6. The van der Waals surface area contributed by atoms with E-state index < -0.39 is 0 Å². The minimum Gasteiger partial charge on any atom is -0.462 e. The molecule has 26 heavy (non-hydrogen) atoms. The smallest absolute Gasteiger partial charge is 0.133 e. The molecule has 0 fully saturated rings. The summed E-state index contributed by atoms with van der Waals surface area (Å²) in [5.74, 6) is 2.09. The van der Waals surface area contributed by atoms with E-state index in [9.17, 15) is 0 Å². The molecule has 140 valence electrons. The number of nitrogens with zero attached hydrogens (tertiary/aromatic N) is 4. The van der Waals surface area contributed by atoms with Crippen molar-refractivity contribution in [2.45, 2.75) is 40.7 Å². The monoisotopic (exact) mass is 354 g/mol. The number of aliphatic imine (C=N–C) groups is 2. The molecule has 0 radical (unpaired) electrons. The number of ether oxygens (including phenoxy) is 1. The molecule has 0 amide bonds. The van der Waals surface area contributed by atoms with E-state index in [4.69, 9.17) is 4.74 Å². The molecule has 5 heteroatoms. The van der Waals surface area contributed by atoms with Crippen molar-refractivity contribution in [3.63, 3.8) is 0 Å². The van der Waals surface area contributed by atoms with Crippen molar-refractivity contribution in [3.8, 4) is 0 Å². The zero-order valence-electron chi connectivity index (χ0n) is 17.0. The Labute approximate surface area is 157 Å². The van der Waals surface area contributed by atoms with E-state index in [2.05, 4.69) is 28.1 Å². The van der Waals surface area contributed by atoms with E-state index in [-0.39, 0.29) is 6.04 Å². The number of aryl methyl sites for hydroxylation is 1. The van der Waals surface area contributed by atoms with Crippen molar-refractivity contribution in [3.05, 3.63) is 59.6 Å². The fraction of sp³-hybridized carbons (Fsp3) is 0.381.